The highest BCUT2D eigenvalue weighted by Gasteiger charge is 2.20. The number of halogens is 1. The first-order chi connectivity index (χ1) is 8.84. The molecule has 1 N–H and O–H groups in total. The van der Waals surface area contributed by atoms with Crippen molar-refractivity contribution in [1.82, 2.24) is 14.8 Å². The van der Waals surface area contributed by atoms with Gasteiger partial charge in [-0.05, 0) is 37.0 Å². The van der Waals surface area contributed by atoms with Gasteiger partial charge in [0.25, 0.3) is 0 Å². The fourth-order valence-corrected chi connectivity index (χ4v) is 3.05. The molecule has 1 aliphatic rings. The molecular weight excluding hydrogens is 246 g/mol. The molecule has 90 valence electrons. The summed E-state index contributed by atoms with van der Waals surface area (Å²) < 4.78 is 2.00. The van der Waals surface area contributed by atoms with Crippen LogP contribution in [0.2, 0.25) is 5.02 Å². The van der Waals surface area contributed by atoms with Crippen molar-refractivity contribution in [2.45, 2.75) is 19.3 Å². The Morgan fingerprint density at radius 2 is 2.17 bits per heavy atom. The van der Waals surface area contributed by atoms with Gasteiger partial charge in [-0.2, -0.15) is 5.10 Å². The molecule has 1 aliphatic carbocycles. The smallest absolute Gasteiger partial charge is 0.108 e. The van der Waals surface area contributed by atoms with Crippen LogP contribution in [0.5, 0.6) is 0 Å². The third-order valence-corrected chi connectivity index (χ3v) is 3.98. The summed E-state index contributed by atoms with van der Waals surface area (Å²) in [6.45, 7) is 0. The van der Waals surface area contributed by atoms with Gasteiger partial charge in [0.1, 0.15) is 5.69 Å². The fourth-order valence-electron chi connectivity index (χ4n) is 2.82. The Kier molecular flexibility index (Phi) is 2.06. The lowest BCUT2D eigenvalue weighted by atomic mass is 10.2. The second-order valence-electron chi connectivity index (χ2n) is 4.72. The maximum atomic E-state index is 6.37. The van der Waals surface area contributed by atoms with E-state index in [4.69, 9.17) is 11.6 Å². The second kappa shape index (κ2) is 3.62. The number of rotatable bonds is 1. The molecule has 0 radical (unpaired) electrons. The number of aryl methyl sites for hydroxylation is 1. The van der Waals surface area contributed by atoms with E-state index in [2.05, 4.69) is 16.1 Å². The normalized spacial score (nSPS) is 14.3. The largest absolute Gasteiger partial charge is 0.359 e. The molecule has 1 aromatic carbocycles. The molecule has 0 spiro atoms. The first-order valence-corrected chi connectivity index (χ1v) is 6.54. The zero-order valence-corrected chi connectivity index (χ0v) is 10.5. The van der Waals surface area contributed by atoms with Gasteiger partial charge >= 0.3 is 0 Å². The van der Waals surface area contributed by atoms with Crippen LogP contribution in [0.1, 0.15) is 17.7 Å². The molecule has 18 heavy (non-hydrogen) atoms. The van der Waals surface area contributed by atoms with Gasteiger partial charge in [0, 0.05) is 17.3 Å². The Balaban J connectivity index is 2.06. The van der Waals surface area contributed by atoms with E-state index in [1.807, 2.05) is 29.2 Å². The van der Waals surface area contributed by atoms with Gasteiger partial charge in [0.2, 0.25) is 0 Å². The Hall–Kier alpha value is -1.74. The molecule has 4 rings (SSSR count). The summed E-state index contributed by atoms with van der Waals surface area (Å²) in [5.41, 5.74) is 4.69. The minimum Gasteiger partial charge on any atom is -0.359 e. The van der Waals surface area contributed by atoms with Crippen molar-refractivity contribution in [2.24, 2.45) is 0 Å². The Morgan fingerprint density at radius 3 is 3.11 bits per heavy atom. The monoisotopic (exact) mass is 257 g/mol. The van der Waals surface area contributed by atoms with Crippen molar-refractivity contribution in [3.8, 4) is 5.69 Å². The molecular formula is C14H12ClN3. The van der Waals surface area contributed by atoms with Crippen LogP contribution in [0, 0.1) is 0 Å². The van der Waals surface area contributed by atoms with Crippen LogP contribution in [-0.4, -0.2) is 14.8 Å². The Labute approximate surface area is 109 Å². The predicted octanol–water partition coefficient (Wildman–Crippen LogP) is 3.50. The van der Waals surface area contributed by atoms with Gasteiger partial charge in [-0.3, -0.25) is 0 Å². The summed E-state index contributed by atoms with van der Waals surface area (Å²) in [6.07, 6.45) is 7.34. The van der Waals surface area contributed by atoms with Gasteiger partial charge in [-0.25, -0.2) is 4.68 Å². The van der Waals surface area contributed by atoms with Crippen molar-refractivity contribution < 1.29 is 0 Å². The van der Waals surface area contributed by atoms with Crippen LogP contribution < -0.4 is 0 Å². The molecule has 0 fully saturated rings. The van der Waals surface area contributed by atoms with Gasteiger partial charge in [0.15, 0.2) is 0 Å². The minimum atomic E-state index is 0.739. The summed E-state index contributed by atoms with van der Waals surface area (Å²) in [6, 6.07) is 6.02. The summed E-state index contributed by atoms with van der Waals surface area (Å²) in [7, 11) is 0. The SMILES string of the molecule is Clc1ccc2cc[nH]c2c1-n1ncc2c1CCC2. The molecule has 0 aliphatic heterocycles. The standard InChI is InChI=1S/C14H12ClN3/c15-11-5-4-9-6-7-16-13(9)14(11)18-12-3-1-2-10(12)8-17-18/h4-8,16H,1-3H2. The number of hydrogen-bond acceptors (Lipinski definition) is 1. The number of aromatic amines is 1. The van der Waals surface area contributed by atoms with Gasteiger partial charge in [0.05, 0.1) is 16.7 Å². The highest BCUT2D eigenvalue weighted by Crippen LogP contribution is 2.32. The predicted molar refractivity (Wildman–Crippen MR) is 72.5 cm³/mol. The van der Waals surface area contributed by atoms with Crippen LogP contribution in [0.4, 0.5) is 0 Å². The van der Waals surface area contributed by atoms with Crippen molar-refractivity contribution in [2.75, 3.05) is 0 Å². The van der Waals surface area contributed by atoms with Crippen molar-refractivity contribution in [3.63, 3.8) is 0 Å². The number of nitrogens with zero attached hydrogens (tertiary/aromatic N) is 2. The first kappa shape index (κ1) is 10.2. The third-order valence-electron chi connectivity index (χ3n) is 3.68. The van der Waals surface area contributed by atoms with E-state index in [1.165, 1.54) is 17.7 Å². The maximum Gasteiger partial charge on any atom is 0.108 e. The molecule has 2 heterocycles. The lowest BCUT2D eigenvalue weighted by Crippen LogP contribution is -2.02. The minimum absolute atomic E-state index is 0.739. The zero-order chi connectivity index (χ0) is 12.1. The van der Waals surface area contributed by atoms with Crippen LogP contribution in [0.3, 0.4) is 0 Å². The number of benzene rings is 1. The molecule has 0 bridgehead atoms. The van der Waals surface area contributed by atoms with Crippen molar-refractivity contribution >= 4 is 22.5 Å². The maximum absolute atomic E-state index is 6.37. The molecule has 0 saturated heterocycles. The topological polar surface area (TPSA) is 33.6 Å². The van der Waals surface area contributed by atoms with Crippen molar-refractivity contribution in [3.05, 3.63) is 46.9 Å². The third kappa shape index (κ3) is 1.28. The van der Waals surface area contributed by atoms with E-state index in [0.29, 0.717) is 0 Å². The molecule has 4 heteroatoms. The Bertz CT molecular complexity index is 739. The quantitative estimate of drug-likeness (QED) is 0.711. The number of nitrogens with one attached hydrogen (secondary N) is 1. The van der Waals surface area contributed by atoms with Gasteiger partial charge in [-0.1, -0.05) is 17.7 Å². The van der Waals surface area contributed by atoms with Crippen LogP contribution >= 0.6 is 11.6 Å². The summed E-state index contributed by atoms with van der Waals surface area (Å²) in [4.78, 5) is 3.26. The highest BCUT2D eigenvalue weighted by molar-refractivity contribution is 6.33. The second-order valence-corrected chi connectivity index (χ2v) is 5.13. The molecule has 0 unspecified atom stereocenters. The Morgan fingerprint density at radius 1 is 1.22 bits per heavy atom. The van der Waals surface area contributed by atoms with Gasteiger partial charge < -0.3 is 4.98 Å². The molecule has 0 amide bonds. The average Bonchev–Trinajstić information content (AvgIpc) is 3.03. The van der Waals surface area contributed by atoms with E-state index in [9.17, 15) is 0 Å². The average molecular weight is 258 g/mol. The summed E-state index contributed by atoms with van der Waals surface area (Å²) in [5.74, 6) is 0. The van der Waals surface area contributed by atoms with Crippen LogP contribution in [0.15, 0.2) is 30.6 Å². The fraction of sp³-hybridized carbons (Fsp3) is 0.214. The summed E-state index contributed by atoms with van der Waals surface area (Å²) in [5, 5.41) is 6.41. The van der Waals surface area contributed by atoms with Crippen molar-refractivity contribution in [1.29, 1.82) is 0 Å². The molecule has 3 nitrogen and oxygen atoms in total. The van der Waals surface area contributed by atoms with Crippen LogP contribution in [-0.2, 0) is 12.8 Å². The number of hydrogen-bond donors (Lipinski definition) is 1. The van der Waals surface area contributed by atoms with Crippen LogP contribution in [0.25, 0.3) is 16.6 Å². The lowest BCUT2D eigenvalue weighted by molar-refractivity contribution is 0.787. The molecule has 3 aromatic rings. The molecule has 0 saturated carbocycles. The van der Waals surface area contributed by atoms with E-state index in [1.54, 1.807) is 0 Å². The molecule has 2 aromatic heterocycles. The van der Waals surface area contributed by atoms with Gasteiger partial charge in [-0.15, -0.1) is 0 Å². The molecule has 0 atom stereocenters. The number of aromatic nitrogens is 3. The highest BCUT2D eigenvalue weighted by atomic mass is 35.5. The van der Waals surface area contributed by atoms with E-state index < -0.39 is 0 Å². The summed E-state index contributed by atoms with van der Waals surface area (Å²) >= 11 is 6.37. The van der Waals surface area contributed by atoms with E-state index in [0.717, 1.165) is 34.5 Å². The number of fused-ring (bicyclic) bond motifs is 2. The number of H-pyrrole nitrogens is 1. The zero-order valence-electron chi connectivity index (χ0n) is 9.78. The first-order valence-electron chi connectivity index (χ1n) is 6.16. The van der Waals surface area contributed by atoms with E-state index in [-0.39, 0.29) is 0 Å². The van der Waals surface area contributed by atoms with E-state index >= 15 is 0 Å². The lowest BCUT2D eigenvalue weighted by Gasteiger charge is -2.09.